The summed E-state index contributed by atoms with van der Waals surface area (Å²) in [6.07, 6.45) is 0.525. The molecule has 3 aromatic carbocycles. The van der Waals surface area contributed by atoms with E-state index < -0.39 is 21.9 Å². The topological polar surface area (TPSA) is 60.9 Å². The van der Waals surface area contributed by atoms with Crippen molar-refractivity contribution in [1.29, 1.82) is 0 Å². The maximum Gasteiger partial charge on any atom is 0.246 e. The van der Waals surface area contributed by atoms with E-state index >= 15 is 0 Å². The van der Waals surface area contributed by atoms with Crippen LogP contribution < -0.4 is 4.90 Å². The number of benzene rings is 3. The van der Waals surface area contributed by atoms with Gasteiger partial charge in [0.25, 0.3) is 0 Å². The van der Waals surface area contributed by atoms with Crippen LogP contribution >= 0.6 is 0 Å². The SMILES string of the molecule is CN1c2ccc(-c3ccccc3F)cc2[C@@H]2[C@@H](CCN2S(=O)(=O)c2ccccc2F)[C@H]1CO. The van der Waals surface area contributed by atoms with Gasteiger partial charge in [-0.15, -0.1) is 0 Å². The molecule has 5 nitrogen and oxygen atoms in total. The number of anilines is 1. The zero-order chi connectivity index (χ0) is 23.3. The molecule has 5 rings (SSSR count). The third-order valence-electron chi connectivity index (χ3n) is 6.91. The second-order valence-electron chi connectivity index (χ2n) is 8.56. The van der Waals surface area contributed by atoms with E-state index in [1.807, 2.05) is 24.1 Å². The van der Waals surface area contributed by atoms with Crippen molar-refractivity contribution in [2.45, 2.75) is 23.4 Å². The summed E-state index contributed by atoms with van der Waals surface area (Å²) in [6.45, 7) is 0.0689. The lowest BCUT2D eigenvalue weighted by Crippen LogP contribution is -2.48. The summed E-state index contributed by atoms with van der Waals surface area (Å²) < 4.78 is 57.5. The largest absolute Gasteiger partial charge is 0.394 e. The van der Waals surface area contributed by atoms with Crippen LogP contribution in [0, 0.1) is 17.6 Å². The van der Waals surface area contributed by atoms with Gasteiger partial charge in [0.2, 0.25) is 10.0 Å². The number of hydrogen-bond acceptors (Lipinski definition) is 4. The van der Waals surface area contributed by atoms with Crippen molar-refractivity contribution in [2.24, 2.45) is 5.92 Å². The van der Waals surface area contributed by atoms with Crippen molar-refractivity contribution in [2.75, 3.05) is 25.1 Å². The molecule has 0 spiro atoms. The van der Waals surface area contributed by atoms with E-state index in [-0.39, 0.29) is 35.8 Å². The second kappa shape index (κ2) is 8.20. The molecule has 3 aromatic rings. The third kappa shape index (κ3) is 3.44. The third-order valence-corrected chi connectivity index (χ3v) is 8.83. The highest BCUT2D eigenvalue weighted by Crippen LogP contribution is 2.51. The smallest absolute Gasteiger partial charge is 0.246 e. The number of sulfonamides is 1. The van der Waals surface area contributed by atoms with Crippen LogP contribution in [0.15, 0.2) is 71.6 Å². The molecule has 0 bridgehead atoms. The number of aliphatic hydroxyl groups excluding tert-OH is 1. The highest BCUT2D eigenvalue weighted by atomic mass is 32.2. The van der Waals surface area contributed by atoms with Gasteiger partial charge < -0.3 is 10.0 Å². The number of halogens is 2. The minimum Gasteiger partial charge on any atom is -0.394 e. The zero-order valence-corrected chi connectivity index (χ0v) is 18.8. The summed E-state index contributed by atoms with van der Waals surface area (Å²) in [4.78, 5) is 1.60. The van der Waals surface area contributed by atoms with Crippen LogP contribution in [0.4, 0.5) is 14.5 Å². The highest BCUT2D eigenvalue weighted by molar-refractivity contribution is 7.89. The van der Waals surface area contributed by atoms with Gasteiger partial charge in [0.1, 0.15) is 16.5 Å². The Morgan fingerprint density at radius 3 is 2.39 bits per heavy atom. The highest BCUT2D eigenvalue weighted by Gasteiger charge is 2.50. The number of likely N-dealkylation sites (N-methyl/N-ethyl adjacent to an activating group) is 1. The molecule has 2 aliphatic rings. The molecular formula is C25H24F2N2O3S. The summed E-state index contributed by atoms with van der Waals surface area (Å²) in [6, 6.07) is 16.4. The molecule has 0 radical (unpaired) electrons. The minimum atomic E-state index is -4.13. The second-order valence-corrected chi connectivity index (χ2v) is 10.4. The first-order valence-electron chi connectivity index (χ1n) is 10.8. The lowest BCUT2D eigenvalue weighted by molar-refractivity contribution is 0.193. The number of hydrogen-bond donors (Lipinski definition) is 1. The Kier molecular flexibility index (Phi) is 5.47. The Bertz CT molecular complexity index is 1310. The van der Waals surface area contributed by atoms with Gasteiger partial charge >= 0.3 is 0 Å². The van der Waals surface area contributed by atoms with E-state index in [0.717, 1.165) is 17.3 Å². The molecule has 33 heavy (non-hydrogen) atoms. The van der Waals surface area contributed by atoms with Gasteiger partial charge in [-0.05, 0) is 47.9 Å². The standard InChI is InChI=1S/C25H24F2N2O3S/c1-28-22-11-10-16(17-6-2-3-7-20(17)26)14-19(22)25-18(23(28)15-30)12-13-29(25)33(31,32)24-9-5-4-8-21(24)27/h2-11,14,18,23,25,30H,12-13,15H2,1H3/t18-,23+,25-/m0/s1. The molecular weight excluding hydrogens is 446 g/mol. The minimum absolute atomic E-state index is 0.139. The summed E-state index contributed by atoms with van der Waals surface area (Å²) in [5.41, 5.74) is 2.55. The van der Waals surface area contributed by atoms with E-state index in [4.69, 9.17) is 0 Å². The van der Waals surface area contributed by atoms with Crippen molar-refractivity contribution in [1.82, 2.24) is 4.31 Å². The molecule has 0 aromatic heterocycles. The maximum absolute atomic E-state index is 14.5. The lowest BCUT2D eigenvalue weighted by Gasteiger charge is -2.44. The van der Waals surface area contributed by atoms with Crippen molar-refractivity contribution in [3.05, 3.63) is 83.9 Å². The van der Waals surface area contributed by atoms with Crippen LogP contribution in [0.5, 0.6) is 0 Å². The predicted molar refractivity (Wildman–Crippen MR) is 122 cm³/mol. The fourth-order valence-electron chi connectivity index (χ4n) is 5.32. The predicted octanol–water partition coefficient (Wildman–Crippen LogP) is 4.19. The average molecular weight is 471 g/mol. The van der Waals surface area contributed by atoms with Gasteiger partial charge in [0.15, 0.2) is 0 Å². The fourth-order valence-corrected chi connectivity index (χ4v) is 7.06. The first-order valence-corrected chi connectivity index (χ1v) is 12.3. The number of rotatable bonds is 4. The number of fused-ring (bicyclic) bond motifs is 3. The van der Waals surface area contributed by atoms with Crippen LogP contribution in [0.1, 0.15) is 18.0 Å². The molecule has 8 heteroatoms. The van der Waals surface area contributed by atoms with Crippen LogP contribution in [0.3, 0.4) is 0 Å². The monoisotopic (exact) mass is 470 g/mol. The van der Waals surface area contributed by atoms with Gasteiger partial charge in [-0.2, -0.15) is 4.31 Å². The summed E-state index contributed by atoms with van der Waals surface area (Å²) in [5.74, 6) is -1.36. The number of nitrogens with zero attached hydrogens (tertiary/aromatic N) is 2. The van der Waals surface area contributed by atoms with Gasteiger partial charge in [0.05, 0.1) is 18.7 Å². The van der Waals surface area contributed by atoms with E-state index in [1.165, 1.54) is 28.6 Å². The Morgan fingerprint density at radius 2 is 1.70 bits per heavy atom. The Balaban J connectivity index is 1.68. The molecule has 1 saturated heterocycles. The molecule has 1 fully saturated rings. The summed E-state index contributed by atoms with van der Waals surface area (Å²) >= 11 is 0. The van der Waals surface area contributed by atoms with Crippen LogP contribution in [0.25, 0.3) is 11.1 Å². The molecule has 0 saturated carbocycles. The molecule has 3 atom stereocenters. The zero-order valence-electron chi connectivity index (χ0n) is 18.0. The van der Waals surface area contributed by atoms with Crippen molar-refractivity contribution >= 4 is 15.7 Å². The Morgan fingerprint density at radius 1 is 1.00 bits per heavy atom. The first-order chi connectivity index (χ1) is 15.8. The molecule has 2 heterocycles. The summed E-state index contributed by atoms with van der Waals surface area (Å²) in [7, 11) is -2.27. The molecule has 2 aliphatic heterocycles. The van der Waals surface area contributed by atoms with Crippen molar-refractivity contribution < 1.29 is 22.3 Å². The average Bonchev–Trinajstić information content (AvgIpc) is 3.26. The molecule has 172 valence electrons. The number of aliphatic hydroxyl groups is 1. The normalized spacial score (nSPS) is 22.8. The molecule has 0 amide bonds. The first kappa shape index (κ1) is 22.0. The summed E-state index contributed by atoms with van der Waals surface area (Å²) in [5, 5.41) is 10.1. The van der Waals surface area contributed by atoms with E-state index in [1.54, 1.807) is 24.3 Å². The quantitative estimate of drug-likeness (QED) is 0.621. The van der Waals surface area contributed by atoms with E-state index in [2.05, 4.69) is 0 Å². The van der Waals surface area contributed by atoms with Crippen molar-refractivity contribution in [3.8, 4) is 11.1 Å². The van der Waals surface area contributed by atoms with Gasteiger partial charge in [0, 0.05) is 30.8 Å². The van der Waals surface area contributed by atoms with Crippen molar-refractivity contribution in [3.63, 3.8) is 0 Å². The van der Waals surface area contributed by atoms with Gasteiger partial charge in [-0.1, -0.05) is 36.4 Å². The molecule has 0 unspecified atom stereocenters. The lowest BCUT2D eigenvalue weighted by atomic mass is 9.81. The molecule has 1 N–H and O–H groups in total. The van der Waals surface area contributed by atoms with E-state index in [9.17, 15) is 22.3 Å². The fraction of sp³-hybridized carbons (Fsp3) is 0.280. The molecule has 0 aliphatic carbocycles. The Labute approximate surface area is 191 Å². The maximum atomic E-state index is 14.5. The van der Waals surface area contributed by atoms with Crippen LogP contribution in [-0.2, 0) is 10.0 Å². The van der Waals surface area contributed by atoms with Crippen LogP contribution in [-0.4, -0.2) is 44.1 Å². The van der Waals surface area contributed by atoms with Gasteiger partial charge in [-0.3, -0.25) is 0 Å². The van der Waals surface area contributed by atoms with E-state index in [0.29, 0.717) is 17.5 Å². The van der Waals surface area contributed by atoms with Crippen LogP contribution in [0.2, 0.25) is 0 Å². The van der Waals surface area contributed by atoms with Gasteiger partial charge in [-0.25, -0.2) is 17.2 Å². The Hall–Kier alpha value is -2.81.